The molecule has 0 amide bonds. The van der Waals surface area contributed by atoms with Gasteiger partial charge in [0.15, 0.2) is 0 Å². The Kier molecular flexibility index (Phi) is 9.28. The van der Waals surface area contributed by atoms with Crippen LogP contribution in [-0.2, 0) is 20.0 Å². The molecule has 0 bridgehead atoms. The maximum absolute atomic E-state index is 13.6. The predicted molar refractivity (Wildman–Crippen MR) is 139 cm³/mol. The van der Waals surface area contributed by atoms with Gasteiger partial charge in [-0.2, -0.15) is 0 Å². The predicted octanol–water partition coefficient (Wildman–Crippen LogP) is 6.31. The highest BCUT2D eigenvalue weighted by molar-refractivity contribution is 7.94. The van der Waals surface area contributed by atoms with Crippen LogP contribution in [0.4, 0.5) is 5.69 Å². The van der Waals surface area contributed by atoms with Gasteiger partial charge >= 0.3 is 0 Å². The largest absolute Gasteiger partial charge is 0.283 e. The van der Waals surface area contributed by atoms with Crippen molar-refractivity contribution >= 4 is 25.7 Å². The van der Waals surface area contributed by atoms with Gasteiger partial charge in [-0.1, -0.05) is 55.4 Å². The minimum atomic E-state index is -3.75. The molecule has 8 heteroatoms. The van der Waals surface area contributed by atoms with Crippen LogP contribution in [0.5, 0.6) is 0 Å². The Morgan fingerprint density at radius 1 is 0.727 bits per heavy atom. The second kappa shape index (κ2) is 10.2. The quantitative estimate of drug-likeness (QED) is 0.350. The van der Waals surface area contributed by atoms with E-state index in [-0.39, 0.29) is 15.7 Å². The zero-order valence-electron chi connectivity index (χ0n) is 22.3. The molecule has 0 aliphatic heterocycles. The average Bonchev–Trinajstić information content (AvgIpc) is 2.66. The highest BCUT2D eigenvalue weighted by atomic mass is 32.2. The summed E-state index contributed by atoms with van der Waals surface area (Å²) in [7, 11) is -7.48. The molecule has 0 fully saturated rings. The third kappa shape index (κ3) is 6.73. The van der Waals surface area contributed by atoms with Crippen LogP contribution in [0.1, 0.15) is 101 Å². The first kappa shape index (κ1) is 29.9. The highest BCUT2D eigenvalue weighted by Gasteiger charge is 2.53. The Hall–Kier alpha value is -1.12. The third-order valence-corrected chi connectivity index (χ3v) is 11.4. The van der Waals surface area contributed by atoms with Crippen molar-refractivity contribution in [3.8, 4) is 0 Å². The Morgan fingerprint density at radius 3 is 1.55 bits per heavy atom. The molecule has 0 aliphatic carbocycles. The number of sulfonamides is 2. The molecule has 6 nitrogen and oxygen atoms in total. The molecule has 0 aliphatic rings. The monoisotopic (exact) mass is 502 g/mol. The molecule has 0 aromatic heterocycles. The van der Waals surface area contributed by atoms with E-state index in [0.29, 0.717) is 24.9 Å². The van der Waals surface area contributed by atoms with Crippen molar-refractivity contribution in [3.63, 3.8) is 0 Å². The molecule has 1 rings (SSSR count). The molecule has 0 atom stereocenters. The molecule has 1 aromatic carbocycles. The molecule has 2 N–H and O–H groups in total. The summed E-state index contributed by atoms with van der Waals surface area (Å²) in [6.45, 7) is 19.9. The van der Waals surface area contributed by atoms with Crippen LogP contribution in [0.2, 0.25) is 0 Å². The van der Waals surface area contributed by atoms with Gasteiger partial charge < -0.3 is 0 Å². The number of rotatable bonds is 12. The van der Waals surface area contributed by atoms with Crippen molar-refractivity contribution in [2.75, 3.05) is 4.72 Å². The third-order valence-electron chi connectivity index (χ3n) is 7.12. The van der Waals surface area contributed by atoms with Crippen LogP contribution in [0.25, 0.3) is 0 Å². The zero-order chi connectivity index (χ0) is 25.9. The summed E-state index contributed by atoms with van der Waals surface area (Å²) < 4.78 is 57.7. The van der Waals surface area contributed by atoms with E-state index in [1.807, 2.05) is 48.5 Å². The van der Waals surface area contributed by atoms with Crippen molar-refractivity contribution in [1.29, 1.82) is 0 Å². The number of anilines is 1. The van der Waals surface area contributed by atoms with E-state index >= 15 is 0 Å². The lowest BCUT2D eigenvalue weighted by atomic mass is 9.69. The smallest absolute Gasteiger partial charge is 0.241 e. The number of hydrogen-bond acceptors (Lipinski definition) is 4. The molecule has 0 saturated heterocycles. The molecule has 0 spiro atoms. The van der Waals surface area contributed by atoms with Crippen molar-refractivity contribution < 1.29 is 16.8 Å². The van der Waals surface area contributed by atoms with Crippen LogP contribution >= 0.6 is 0 Å². The number of benzene rings is 1. The summed E-state index contributed by atoms with van der Waals surface area (Å²) in [5.41, 5.74) is -0.674. The minimum Gasteiger partial charge on any atom is -0.283 e. The number of nitrogens with one attached hydrogen (secondary N) is 2. The van der Waals surface area contributed by atoms with Crippen molar-refractivity contribution in [3.05, 3.63) is 24.3 Å². The van der Waals surface area contributed by atoms with Crippen LogP contribution in [0.3, 0.4) is 0 Å². The van der Waals surface area contributed by atoms with Crippen LogP contribution in [0.15, 0.2) is 29.2 Å². The van der Waals surface area contributed by atoms with Gasteiger partial charge in [0.05, 0.1) is 9.64 Å². The SMILES string of the molecule is CCC(C)(CC)C(CC)(CC)S(=O)(=O)Nc1ccc(S(=O)(=O)NC(C)(C)CC(C)(C)C)cc1. The van der Waals surface area contributed by atoms with E-state index in [0.717, 1.165) is 12.8 Å². The van der Waals surface area contributed by atoms with Crippen molar-refractivity contribution in [2.24, 2.45) is 10.8 Å². The van der Waals surface area contributed by atoms with E-state index in [1.165, 1.54) is 24.3 Å². The Balaban J connectivity index is 3.24. The molecule has 1 aromatic rings. The van der Waals surface area contributed by atoms with Crippen LogP contribution in [-0.4, -0.2) is 27.1 Å². The lowest BCUT2D eigenvalue weighted by Gasteiger charge is -2.46. The average molecular weight is 503 g/mol. The van der Waals surface area contributed by atoms with Gasteiger partial charge in [0.25, 0.3) is 0 Å². The first-order chi connectivity index (χ1) is 14.8. The van der Waals surface area contributed by atoms with Gasteiger partial charge in [0, 0.05) is 11.2 Å². The topological polar surface area (TPSA) is 92.3 Å². The highest BCUT2D eigenvalue weighted by Crippen LogP contribution is 2.48. The lowest BCUT2D eigenvalue weighted by Crippen LogP contribution is -2.53. The fraction of sp³-hybridized carbons (Fsp3) is 0.760. The van der Waals surface area contributed by atoms with E-state index in [4.69, 9.17) is 0 Å². The summed E-state index contributed by atoms with van der Waals surface area (Å²) in [6.07, 6.45) is 3.16. The molecule has 33 heavy (non-hydrogen) atoms. The fourth-order valence-corrected chi connectivity index (χ4v) is 9.19. The first-order valence-corrected chi connectivity index (χ1v) is 15.0. The van der Waals surface area contributed by atoms with E-state index in [9.17, 15) is 16.8 Å². The van der Waals surface area contributed by atoms with E-state index in [2.05, 4.69) is 30.2 Å². The maximum Gasteiger partial charge on any atom is 0.241 e. The number of hydrogen-bond donors (Lipinski definition) is 2. The van der Waals surface area contributed by atoms with Crippen molar-refractivity contribution in [2.45, 2.75) is 117 Å². The van der Waals surface area contributed by atoms with Gasteiger partial charge in [0.2, 0.25) is 20.0 Å². The van der Waals surface area contributed by atoms with Crippen molar-refractivity contribution in [1.82, 2.24) is 4.72 Å². The first-order valence-electron chi connectivity index (χ1n) is 12.0. The fourth-order valence-electron chi connectivity index (χ4n) is 5.44. The molecular weight excluding hydrogens is 456 g/mol. The van der Waals surface area contributed by atoms with Gasteiger partial charge in [-0.3, -0.25) is 4.72 Å². The second-order valence-corrected chi connectivity index (χ2v) is 15.0. The molecule has 0 unspecified atom stereocenters. The Morgan fingerprint density at radius 2 is 1.18 bits per heavy atom. The van der Waals surface area contributed by atoms with E-state index in [1.54, 1.807) is 0 Å². The van der Waals surface area contributed by atoms with Crippen LogP contribution < -0.4 is 9.44 Å². The standard InChI is InChI=1S/C25H46N2O4S2/c1-11-24(10,12-2)25(13-3,14-4)33(30,31)26-20-15-17-21(18-16-20)32(28,29)27-23(8,9)19-22(5,6)7/h15-18,26-27H,11-14,19H2,1-10H3. The lowest BCUT2D eigenvalue weighted by molar-refractivity contribution is 0.180. The molecule has 192 valence electrons. The summed E-state index contributed by atoms with van der Waals surface area (Å²) in [4.78, 5) is 0.108. The molecule has 0 radical (unpaired) electrons. The summed E-state index contributed by atoms with van der Waals surface area (Å²) >= 11 is 0. The summed E-state index contributed by atoms with van der Waals surface area (Å²) in [5, 5.41) is 0. The maximum atomic E-state index is 13.6. The van der Waals surface area contributed by atoms with Gasteiger partial charge in [0.1, 0.15) is 0 Å². The Bertz CT molecular complexity index is 982. The van der Waals surface area contributed by atoms with Gasteiger partial charge in [-0.25, -0.2) is 21.6 Å². The normalized spacial score (nSPS) is 14.4. The van der Waals surface area contributed by atoms with E-state index < -0.39 is 30.3 Å². The van der Waals surface area contributed by atoms with Crippen LogP contribution in [0, 0.1) is 10.8 Å². The van der Waals surface area contributed by atoms with Gasteiger partial charge in [-0.05, 0) is 81.0 Å². The second-order valence-electron chi connectivity index (χ2n) is 11.3. The zero-order valence-corrected chi connectivity index (χ0v) is 23.9. The molecular formula is C25H46N2O4S2. The summed E-state index contributed by atoms with van der Waals surface area (Å²) in [5.74, 6) is 0. The summed E-state index contributed by atoms with van der Waals surface area (Å²) in [6, 6.07) is 5.94. The molecule has 0 heterocycles. The minimum absolute atomic E-state index is 0.0370. The Labute approximate surface area is 203 Å². The molecule has 0 saturated carbocycles. The van der Waals surface area contributed by atoms with Gasteiger partial charge in [-0.15, -0.1) is 0 Å².